The van der Waals surface area contributed by atoms with Gasteiger partial charge in [-0.1, -0.05) is 30.3 Å². The molecule has 1 aromatic carbocycles. The third-order valence-electron chi connectivity index (χ3n) is 4.41. The number of aromatic nitrogens is 1. The van der Waals surface area contributed by atoms with Crippen LogP contribution in [0.2, 0.25) is 0 Å². The number of methoxy groups -OCH3 is 1. The number of nitrogen functional groups attached to an aromatic ring is 1. The van der Waals surface area contributed by atoms with Gasteiger partial charge in [0, 0.05) is 19.1 Å². The van der Waals surface area contributed by atoms with Crippen LogP contribution in [0.25, 0.3) is 0 Å². The molecule has 0 aliphatic carbocycles. The summed E-state index contributed by atoms with van der Waals surface area (Å²) in [6.45, 7) is 2.91. The van der Waals surface area contributed by atoms with E-state index in [0.29, 0.717) is 17.1 Å². The van der Waals surface area contributed by atoms with Crippen molar-refractivity contribution in [2.24, 2.45) is 0 Å². The average molecular weight is 340 g/mol. The van der Waals surface area contributed by atoms with Crippen LogP contribution < -0.4 is 11.1 Å². The number of nitrogens with two attached hydrogens (primary N) is 1. The number of likely N-dealkylation sites (tertiary alicyclic amines) is 1. The van der Waals surface area contributed by atoms with Crippen LogP contribution in [0.5, 0.6) is 0 Å². The Morgan fingerprint density at radius 1 is 1.40 bits per heavy atom. The van der Waals surface area contributed by atoms with Gasteiger partial charge in [0.25, 0.3) is 0 Å². The molecule has 3 rings (SSSR count). The van der Waals surface area contributed by atoms with E-state index in [0.717, 1.165) is 32.5 Å². The zero-order chi connectivity index (χ0) is 17.6. The number of hydrogen-bond acceptors (Lipinski definition) is 6. The molecule has 6 heteroatoms. The minimum Gasteiger partial charge on any atom is -0.465 e. The van der Waals surface area contributed by atoms with Crippen molar-refractivity contribution in [1.82, 2.24) is 9.88 Å². The highest BCUT2D eigenvalue weighted by molar-refractivity contribution is 5.95. The second-order valence-corrected chi connectivity index (χ2v) is 6.36. The Kier molecular flexibility index (Phi) is 5.50. The van der Waals surface area contributed by atoms with E-state index in [-0.39, 0.29) is 6.04 Å². The van der Waals surface area contributed by atoms with E-state index in [4.69, 9.17) is 10.5 Å². The van der Waals surface area contributed by atoms with Crippen LogP contribution in [-0.2, 0) is 11.3 Å². The molecule has 0 radical (unpaired) electrons. The fourth-order valence-corrected chi connectivity index (χ4v) is 3.21. The summed E-state index contributed by atoms with van der Waals surface area (Å²) < 4.78 is 4.84. The van der Waals surface area contributed by atoms with Gasteiger partial charge < -0.3 is 15.8 Å². The lowest BCUT2D eigenvalue weighted by Crippen LogP contribution is -2.42. The first-order valence-electron chi connectivity index (χ1n) is 8.52. The molecule has 1 saturated heterocycles. The molecule has 3 N–H and O–H groups in total. The van der Waals surface area contributed by atoms with Gasteiger partial charge >= 0.3 is 5.97 Å². The van der Waals surface area contributed by atoms with Gasteiger partial charge in [0.1, 0.15) is 11.4 Å². The number of nitrogens with one attached hydrogen (secondary N) is 1. The van der Waals surface area contributed by atoms with Crippen LogP contribution in [0, 0.1) is 0 Å². The van der Waals surface area contributed by atoms with Gasteiger partial charge in [-0.25, -0.2) is 9.78 Å². The third-order valence-corrected chi connectivity index (χ3v) is 4.41. The Bertz CT molecular complexity index is 721. The molecule has 2 aromatic rings. The number of hydrogen-bond donors (Lipinski definition) is 2. The number of pyridine rings is 1. The van der Waals surface area contributed by atoms with E-state index in [2.05, 4.69) is 39.5 Å². The molecule has 25 heavy (non-hydrogen) atoms. The summed E-state index contributed by atoms with van der Waals surface area (Å²) in [6, 6.07) is 12.3. The van der Waals surface area contributed by atoms with Crippen molar-refractivity contribution in [3.8, 4) is 0 Å². The molecule has 1 aromatic heterocycles. The quantitative estimate of drug-likeness (QED) is 0.814. The number of rotatable bonds is 5. The largest absolute Gasteiger partial charge is 0.465 e. The maximum absolute atomic E-state index is 12.0. The summed E-state index contributed by atoms with van der Waals surface area (Å²) in [5.74, 6) is 0.104. The van der Waals surface area contributed by atoms with E-state index in [1.807, 2.05) is 6.07 Å². The third kappa shape index (κ3) is 4.48. The maximum atomic E-state index is 12.0. The normalized spacial score (nSPS) is 17.9. The van der Waals surface area contributed by atoms with E-state index in [9.17, 15) is 4.79 Å². The van der Waals surface area contributed by atoms with E-state index < -0.39 is 5.97 Å². The van der Waals surface area contributed by atoms with Crippen LogP contribution in [0.3, 0.4) is 0 Å². The lowest BCUT2D eigenvalue weighted by Gasteiger charge is -2.33. The van der Waals surface area contributed by atoms with E-state index >= 15 is 0 Å². The second-order valence-electron chi connectivity index (χ2n) is 6.36. The fraction of sp³-hybridized carbons (Fsp3) is 0.368. The Morgan fingerprint density at radius 3 is 2.96 bits per heavy atom. The van der Waals surface area contributed by atoms with Gasteiger partial charge in [-0.2, -0.15) is 0 Å². The second kappa shape index (κ2) is 7.98. The summed E-state index contributed by atoms with van der Waals surface area (Å²) in [4.78, 5) is 18.7. The van der Waals surface area contributed by atoms with Crippen molar-refractivity contribution in [3.63, 3.8) is 0 Å². The highest BCUT2D eigenvalue weighted by Crippen LogP contribution is 2.21. The summed E-state index contributed by atoms with van der Waals surface area (Å²) in [7, 11) is 1.36. The molecule has 1 aliphatic heterocycles. The van der Waals surface area contributed by atoms with Crippen molar-refractivity contribution in [1.29, 1.82) is 0 Å². The Balaban J connectivity index is 1.68. The van der Waals surface area contributed by atoms with E-state index in [1.165, 1.54) is 12.7 Å². The molecule has 0 spiro atoms. The fourth-order valence-electron chi connectivity index (χ4n) is 3.21. The summed E-state index contributed by atoms with van der Waals surface area (Å²) in [5.41, 5.74) is 7.89. The molecule has 0 amide bonds. The number of anilines is 2. The van der Waals surface area contributed by atoms with Gasteiger partial charge in [0.05, 0.1) is 19.0 Å². The van der Waals surface area contributed by atoms with Gasteiger partial charge in [-0.15, -0.1) is 0 Å². The molecule has 0 saturated carbocycles. The summed E-state index contributed by atoms with van der Waals surface area (Å²) in [5, 5.41) is 3.40. The predicted molar refractivity (Wildman–Crippen MR) is 98.4 cm³/mol. The smallest absolute Gasteiger partial charge is 0.341 e. The number of carbonyl (C=O) groups is 1. The maximum Gasteiger partial charge on any atom is 0.341 e. The van der Waals surface area contributed by atoms with Crippen molar-refractivity contribution >= 4 is 17.5 Å². The van der Waals surface area contributed by atoms with Gasteiger partial charge in [-0.3, -0.25) is 4.90 Å². The van der Waals surface area contributed by atoms with Crippen molar-refractivity contribution in [2.75, 3.05) is 31.2 Å². The highest BCUT2D eigenvalue weighted by atomic mass is 16.5. The summed E-state index contributed by atoms with van der Waals surface area (Å²) >= 11 is 0. The van der Waals surface area contributed by atoms with Crippen LogP contribution >= 0.6 is 0 Å². The molecule has 2 heterocycles. The highest BCUT2D eigenvalue weighted by Gasteiger charge is 2.22. The van der Waals surface area contributed by atoms with Crippen LogP contribution in [-0.4, -0.2) is 42.1 Å². The minimum absolute atomic E-state index is 0.233. The standard InChI is InChI=1S/C19H24N4O2/c1-25-19(24)17-10-15(20)11-21-18(17)22-16-8-5-9-23(13-16)12-14-6-3-2-4-7-14/h2-4,6-7,10-11,16H,5,8-9,12-13,20H2,1H3,(H,21,22). The number of piperidine rings is 1. The van der Waals surface area contributed by atoms with Gasteiger partial charge in [0.15, 0.2) is 0 Å². The Labute approximate surface area is 148 Å². The Morgan fingerprint density at radius 2 is 2.20 bits per heavy atom. The van der Waals surface area contributed by atoms with Crippen LogP contribution in [0.15, 0.2) is 42.6 Å². The molecule has 6 nitrogen and oxygen atoms in total. The van der Waals surface area contributed by atoms with Gasteiger partial charge in [0.2, 0.25) is 0 Å². The molecule has 1 unspecified atom stereocenters. The lowest BCUT2D eigenvalue weighted by molar-refractivity contribution is 0.0601. The number of nitrogens with zero attached hydrogens (tertiary/aromatic N) is 2. The summed E-state index contributed by atoms with van der Waals surface area (Å²) in [6.07, 6.45) is 3.70. The van der Waals surface area contributed by atoms with E-state index in [1.54, 1.807) is 12.3 Å². The first-order chi connectivity index (χ1) is 12.2. The van der Waals surface area contributed by atoms with Crippen LogP contribution in [0.1, 0.15) is 28.8 Å². The first kappa shape index (κ1) is 17.2. The molecular weight excluding hydrogens is 316 g/mol. The first-order valence-corrected chi connectivity index (χ1v) is 8.52. The van der Waals surface area contributed by atoms with Crippen molar-refractivity contribution < 1.29 is 9.53 Å². The molecule has 1 atom stereocenters. The molecular formula is C19H24N4O2. The molecule has 0 bridgehead atoms. The number of benzene rings is 1. The van der Waals surface area contributed by atoms with Crippen molar-refractivity contribution in [2.45, 2.75) is 25.4 Å². The number of esters is 1. The Hall–Kier alpha value is -2.60. The zero-order valence-corrected chi connectivity index (χ0v) is 14.4. The minimum atomic E-state index is -0.431. The topological polar surface area (TPSA) is 80.5 Å². The van der Waals surface area contributed by atoms with Gasteiger partial charge in [-0.05, 0) is 31.0 Å². The number of carbonyl (C=O) groups excluding carboxylic acids is 1. The molecule has 1 aliphatic rings. The molecule has 132 valence electrons. The SMILES string of the molecule is COC(=O)c1cc(N)cnc1NC1CCCN(Cc2ccccc2)C1. The average Bonchev–Trinajstić information content (AvgIpc) is 2.64. The predicted octanol–water partition coefficient (Wildman–Crippen LogP) is 2.53. The lowest BCUT2D eigenvalue weighted by atomic mass is 10.0. The van der Waals surface area contributed by atoms with Crippen molar-refractivity contribution in [3.05, 3.63) is 53.7 Å². The molecule has 1 fully saturated rings. The monoisotopic (exact) mass is 340 g/mol. The van der Waals surface area contributed by atoms with Crippen LogP contribution in [0.4, 0.5) is 11.5 Å². The number of ether oxygens (including phenoxy) is 1. The zero-order valence-electron chi connectivity index (χ0n) is 14.4.